The van der Waals surface area contributed by atoms with Crippen molar-refractivity contribution in [3.63, 3.8) is 0 Å². The SMILES string of the molecule is CN1CCN(C(=O)CSc2nnc(CN3CCOCC3)n2C)CC1. The fraction of sp³-hybridized carbons (Fsp3) is 0.800. The molecule has 2 saturated heterocycles. The predicted molar refractivity (Wildman–Crippen MR) is 91.9 cm³/mol. The van der Waals surface area contributed by atoms with E-state index < -0.39 is 0 Å². The predicted octanol–water partition coefficient (Wildman–Crippen LogP) is -0.487. The molecule has 0 saturated carbocycles. The first-order chi connectivity index (χ1) is 11.6. The lowest BCUT2D eigenvalue weighted by molar-refractivity contribution is -0.129. The van der Waals surface area contributed by atoms with Crippen LogP contribution >= 0.6 is 11.8 Å². The molecule has 2 aliphatic rings. The molecule has 0 atom stereocenters. The Morgan fingerprint density at radius 3 is 2.50 bits per heavy atom. The van der Waals surface area contributed by atoms with E-state index in [1.165, 1.54) is 11.8 Å². The van der Waals surface area contributed by atoms with Crippen LogP contribution in [0.15, 0.2) is 5.16 Å². The zero-order chi connectivity index (χ0) is 16.9. The summed E-state index contributed by atoms with van der Waals surface area (Å²) in [6, 6.07) is 0. The summed E-state index contributed by atoms with van der Waals surface area (Å²) in [6.45, 7) is 7.72. The van der Waals surface area contributed by atoms with Crippen molar-refractivity contribution in [2.75, 3.05) is 65.3 Å². The van der Waals surface area contributed by atoms with Crippen molar-refractivity contribution in [3.8, 4) is 0 Å². The molecule has 1 aromatic heterocycles. The van der Waals surface area contributed by atoms with Crippen LogP contribution in [0.1, 0.15) is 5.82 Å². The van der Waals surface area contributed by atoms with Gasteiger partial charge in [0.15, 0.2) is 5.16 Å². The summed E-state index contributed by atoms with van der Waals surface area (Å²) in [6.07, 6.45) is 0. The third-order valence-electron chi connectivity index (χ3n) is 4.57. The first-order valence-electron chi connectivity index (χ1n) is 8.41. The molecule has 134 valence electrons. The van der Waals surface area contributed by atoms with E-state index in [1.54, 1.807) is 0 Å². The van der Waals surface area contributed by atoms with E-state index in [0.29, 0.717) is 5.75 Å². The first-order valence-corrected chi connectivity index (χ1v) is 9.39. The summed E-state index contributed by atoms with van der Waals surface area (Å²) in [4.78, 5) is 18.8. The third kappa shape index (κ3) is 4.47. The summed E-state index contributed by atoms with van der Waals surface area (Å²) < 4.78 is 7.37. The monoisotopic (exact) mass is 354 g/mol. The lowest BCUT2D eigenvalue weighted by Gasteiger charge is -2.32. The Hall–Kier alpha value is -1.16. The van der Waals surface area contributed by atoms with Crippen LogP contribution in [-0.4, -0.2) is 101 Å². The molecule has 0 aliphatic carbocycles. The minimum absolute atomic E-state index is 0.186. The fourth-order valence-corrected chi connectivity index (χ4v) is 3.67. The number of hydrogen-bond donors (Lipinski definition) is 0. The second-order valence-corrected chi connectivity index (χ2v) is 7.26. The molecule has 0 bridgehead atoms. The summed E-state index contributed by atoms with van der Waals surface area (Å²) in [5.74, 6) is 1.55. The van der Waals surface area contributed by atoms with Crippen LogP contribution in [-0.2, 0) is 23.1 Å². The molecular weight excluding hydrogens is 328 g/mol. The second-order valence-electron chi connectivity index (χ2n) is 6.32. The Balaban J connectivity index is 1.49. The van der Waals surface area contributed by atoms with Crippen molar-refractivity contribution < 1.29 is 9.53 Å². The van der Waals surface area contributed by atoms with Gasteiger partial charge in [0.25, 0.3) is 0 Å². The van der Waals surface area contributed by atoms with Gasteiger partial charge in [0, 0.05) is 46.3 Å². The maximum Gasteiger partial charge on any atom is 0.233 e. The molecule has 24 heavy (non-hydrogen) atoms. The lowest BCUT2D eigenvalue weighted by atomic mass is 10.3. The van der Waals surface area contributed by atoms with Gasteiger partial charge in [-0.2, -0.15) is 0 Å². The Bertz CT molecular complexity index is 552. The third-order valence-corrected chi connectivity index (χ3v) is 5.58. The number of morpholine rings is 1. The number of aromatic nitrogens is 3. The van der Waals surface area contributed by atoms with Gasteiger partial charge in [0.2, 0.25) is 5.91 Å². The summed E-state index contributed by atoms with van der Waals surface area (Å²) >= 11 is 1.47. The number of carbonyl (C=O) groups is 1. The van der Waals surface area contributed by atoms with E-state index >= 15 is 0 Å². The number of piperazine rings is 1. The number of likely N-dealkylation sites (N-methyl/N-ethyl adjacent to an activating group) is 1. The molecule has 8 nitrogen and oxygen atoms in total. The van der Waals surface area contributed by atoms with E-state index in [4.69, 9.17) is 4.74 Å². The van der Waals surface area contributed by atoms with E-state index in [9.17, 15) is 4.79 Å². The normalized spacial score (nSPS) is 20.5. The number of nitrogens with zero attached hydrogens (tertiary/aromatic N) is 6. The quantitative estimate of drug-likeness (QED) is 0.661. The molecule has 3 rings (SSSR count). The second kappa shape index (κ2) is 8.28. The Kier molecular flexibility index (Phi) is 6.09. The smallest absolute Gasteiger partial charge is 0.233 e. The summed E-state index contributed by atoms with van der Waals surface area (Å²) in [5, 5.41) is 9.34. The van der Waals surface area contributed by atoms with Gasteiger partial charge in [0.1, 0.15) is 5.82 Å². The van der Waals surface area contributed by atoms with Gasteiger partial charge in [-0.15, -0.1) is 10.2 Å². The van der Waals surface area contributed by atoms with Crippen molar-refractivity contribution in [2.24, 2.45) is 7.05 Å². The van der Waals surface area contributed by atoms with Gasteiger partial charge in [-0.1, -0.05) is 11.8 Å². The van der Waals surface area contributed by atoms with Crippen LogP contribution < -0.4 is 0 Å². The van der Waals surface area contributed by atoms with Gasteiger partial charge in [-0.25, -0.2) is 0 Å². The topological polar surface area (TPSA) is 66.7 Å². The maximum atomic E-state index is 12.3. The van der Waals surface area contributed by atoms with E-state index in [1.807, 2.05) is 16.5 Å². The van der Waals surface area contributed by atoms with Crippen molar-refractivity contribution in [2.45, 2.75) is 11.7 Å². The van der Waals surface area contributed by atoms with E-state index in [-0.39, 0.29) is 5.91 Å². The Morgan fingerprint density at radius 1 is 1.08 bits per heavy atom. The van der Waals surface area contributed by atoms with Crippen molar-refractivity contribution in [3.05, 3.63) is 5.82 Å². The van der Waals surface area contributed by atoms with Crippen molar-refractivity contribution in [1.82, 2.24) is 29.5 Å². The van der Waals surface area contributed by atoms with Gasteiger partial charge >= 0.3 is 0 Å². The average molecular weight is 354 g/mol. The molecule has 2 fully saturated rings. The molecule has 0 aromatic carbocycles. The first kappa shape index (κ1) is 17.7. The molecule has 0 radical (unpaired) electrons. The molecule has 0 spiro atoms. The number of rotatable bonds is 5. The standard InChI is InChI=1S/C15H26N6O2S/c1-18-3-5-21(6-4-18)14(22)12-24-15-17-16-13(19(15)2)11-20-7-9-23-10-8-20/h3-12H2,1-2H3. The molecule has 9 heteroatoms. The summed E-state index contributed by atoms with van der Waals surface area (Å²) in [7, 11) is 4.06. The number of amides is 1. The van der Waals surface area contributed by atoms with Crippen LogP contribution in [0.4, 0.5) is 0 Å². The zero-order valence-corrected chi connectivity index (χ0v) is 15.3. The highest BCUT2D eigenvalue weighted by molar-refractivity contribution is 7.99. The highest BCUT2D eigenvalue weighted by Crippen LogP contribution is 2.17. The maximum absolute atomic E-state index is 12.3. The fourth-order valence-electron chi connectivity index (χ4n) is 2.84. The number of carbonyl (C=O) groups excluding carboxylic acids is 1. The van der Waals surface area contributed by atoms with Crippen LogP contribution in [0.25, 0.3) is 0 Å². The van der Waals surface area contributed by atoms with Crippen molar-refractivity contribution in [1.29, 1.82) is 0 Å². The van der Waals surface area contributed by atoms with Gasteiger partial charge < -0.3 is 19.1 Å². The highest BCUT2D eigenvalue weighted by atomic mass is 32.2. The van der Waals surface area contributed by atoms with Crippen molar-refractivity contribution >= 4 is 17.7 Å². The van der Waals surface area contributed by atoms with Gasteiger partial charge in [-0.3, -0.25) is 9.69 Å². The summed E-state index contributed by atoms with van der Waals surface area (Å²) in [5.41, 5.74) is 0. The minimum atomic E-state index is 0.186. The highest BCUT2D eigenvalue weighted by Gasteiger charge is 2.21. The van der Waals surface area contributed by atoms with Crippen LogP contribution in [0, 0.1) is 0 Å². The molecule has 2 aliphatic heterocycles. The van der Waals surface area contributed by atoms with E-state index in [2.05, 4.69) is 27.0 Å². The van der Waals surface area contributed by atoms with Crippen LogP contribution in [0.2, 0.25) is 0 Å². The van der Waals surface area contributed by atoms with E-state index in [0.717, 1.165) is 70.0 Å². The lowest BCUT2D eigenvalue weighted by Crippen LogP contribution is -2.47. The molecule has 3 heterocycles. The molecule has 1 aromatic rings. The molecule has 0 unspecified atom stereocenters. The van der Waals surface area contributed by atoms with Crippen LogP contribution in [0.3, 0.4) is 0 Å². The van der Waals surface area contributed by atoms with Gasteiger partial charge in [0.05, 0.1) is 25.5 Å². The molecular formula is C15H26N6O2S. The van der Waals surface area contributed by atoms with Gasteiger partial charge in [-0.05, 0) is 7.05 Å². The Labute approximate surface area is 147 Å². The molecule has 0 N–H and O–H groups in total. The average Bonchev–Trinajstić information content (AvgIpc) is 2.94. The number of hydrogen-bond acceptors (Lipinski definition) is 7. The number of ether oxygens (including phenoxy) is 1. The zero-order valence-electron chi connectivity index (χ0n) is 14.5. The Morgan fingerprint density at radius 2 is 1.79 bits per heavy atom. The molecule has 1 amide bonds. The number of thioether (sulfide) groups is 1. The largest absolute Gasteiger partial charge is 0.379 e. The van der Waals surface area contributed by atoms with Crippen LogP contribution in [0.5, 0.6) is 0 Å². The minimum Gasteiger partial charge on any atom is -0.379 e.